The Morgan fingerprint density at radius 2 is 2.00 bits per heavy atom. The molecule has 0 radical (unpaired) electrons. The molecule has 0 aliphatic carbocycles. The Morgan fingerprint density at radius 3 is 2.71 bits per heavy atom. The topological polar surface area (TPSA) is 38.8 Å². The predicted molar refractivity (Wildman–Crippen MR) is 67.2 cm³/mol. The Labute approximate surface area is 105 Å². The number of thiol groups is 1. The van der Waals surface area contributed by atoms with Gasteiger partial charge in [0.25, 0.3) is 0 Å². The third-order valence-electron chi connectivity index (χ3n) is 2.94. The van der Waals surface area contributed by atoms with E-state index >= 15 is 0 Å². The zero-order valence-corrected chi connectivity index (χ0v) is 10.2. The molecule has 0 spiro atoms. The summed E-state index contributed by atoms with van der Waals surface area (Å²) in [4.78, 5) is 13.5. The first-order valence-electron chi connectivity index (χ1n) is 5.62. The molecule has 90 valence electrons. The van der Waals surface area contributed by atoms with Gasteiger partial charge in [-0.15, -0.1) is 0 Å². The third kappa shape index (κ3) is 1.95. The van der Waals surface area contributed by atoms with E-state index in [1.54, 1.807) is 4.90 Å². The highest BCUT2D eigenvalue weighted by molar-refractivity contribution is 7.81. The third-order valence-corrected chi connectivity index (χ3v) is 3.29. The molecule has 1 atom stereocenters. The highest BCUT2D eigenvalue weighted by atomic mass is 32.1. The number of anilines is 1. The van der Waals surface area contributed by atoms with Crippen molar-refractivity contribution in [2.45, 2.75) is 11.7 Å². The van der Waals surface area contributed by atoms with Crippen LogP contribution in [0.5, 0.6) is 11.5 Å². The summed E-state index contributed by atoms with van der Waals surface area (Å²) < 4.78 is 10.9. The summed E-state index contributed by atoms with van der Waals surface area (Å²) in [5, 5.41) is 0.121. The molecule has 1 saturated heterocycles. The molecule has 5 heteroatoms. The van der Waals surface area contributed by atoms with Crippen LogP contribution < -0.4 is 14.4 Å². The number of hydrogen-bond donors (Lipinski definition) is 1. The van der Waals surface area contributed by atoms with Gasteiger partial charge in [0, 0.05) is 30.0 Å². The van der Waals surface area contributed by atoms with Gasteiger partial charge in [-0.25, -0.2) is 0 Å². The van der Waals surface area contributed by atoms with Crippen LogP contribution in [0.3, 0.4) is 0 Å². The summed E-state index contributed by atoms with van der Waals surface area (Å²) in [7, 11) is 0. The van der Waals surface area contributed by atoms with Crippen molar-refractivity contribution in [1.29, 1.82) is 0 Å². The fraction of sp³-hybridized carbons (Fsp3) is 0.417. The van der Waals surface area contributed by atoms with Crippen molar-refractivity contribution in [2.75, 3.05) is 24.7 Å². The number of benzene rings is 1. The van der Waals surface area contributed by atoms with Crippen molar-refractivity contribution in [3.8, 4) is 11.5 Å². The van der Waals surface area contributed by atoms with Gasteiger partial charge < -0.3 is 14.4 Å². The standard InChI is InChI=1S/C12H13NO3S/c14-12-6-9(17)7-13(12)8-1-2-10-11(5-8)16-4-3-15-10/h1-2,5,9,17H,3-4,6-7H2. The van der Waals surface area contributed by atoms with Gasteiger partial charge in [0.05, 0.1) is 0 Å². The first-order valence-corrected chi connectivity index (χ1v) is 6.14. The van der Waals surface area contributed by atoms with Crippen LogP contribution in [0.25, 0.3) is 0 Å². The van der Waals surface area contributed by atoms with E-state index in [0.717, 1.165) is 11.4 Å². The van der Waals surface area contributed by atoms with Gasteiger partial charge in [0.15, 0.2) is 11.5 Å². The second-order valence-corrected chi connectivity index (χ2v) is 4.92. The lowest BCUT2D eigenvalue weighted by molar-refractivity contribution is -0.117. The van der Waals surface area contributed by atoms with Gasteiger partial charge in [0.2, 0.25) is 5.91 Å². The van der Waals surface area contributed by atoms with Gasteiger partial charge in [-0.2, -0.15) is 12.6 Å². The van der Waals surface area contributed by atoms with E-state index in [1.807, 2.05) is 18.2 Å². The molecule has 1 aromatic carbocycles. The fourth-order valence-electron chi connectivity index (χ4n) is 2.14. The minimum absolute atomic E-state index is 0.113. The number of hydrogen-bond acceptors (Lipinski definition) is 4. The van der Waals surface area contributed by atoms with Crippen LogP contribution in [0.1, 0.15) is 6.42 Å². The van der Waals surface area contributed by atoms with Crippen LogP contribution in [-0.4, -0.2) is 30.9 Å². The maximum Gasteiger partial charge on any atom is 0.228 e. The number of rotatable bonds is 1. The SMILES string of the molecule is O=C1CC(S)CN1c1ccc2c(c1)OCCO2. The number of carbonyl (C=O) groups excluding carboxylic acids is 1. The minimum Gasteiger partial charge on any atom is -0.486 e. The van der Waals surface area contributed by atoms with Gasteiger partial charge >= 0.3 is 0 Å². The van der Waals surface area contributed by atoms with Crippen molar-refractivity contribution >= 4 is 24.2 Å². The van der Waals surface area contributed by atoms with Crippen molar-refractivity contribution in [1.82, 2.24) is 0 Å². The molecular weight excluding hydrogens is 238 g/mol. The molecule has 0 saturated carbocycles. The molecule has 1 unspecified atom stereocenters. The number of ether oxygens (including phenoxy) is 2. The molecule has 0 aromatic heterocycles. The Kier molecular flexibility index (Phi) is 2.63. The van der Waals surface area contributed by atoms with Crippen LogP contribution in [-0.2, 0) is 4.79 Å². The lowest BCUT2D eigenvalue weighted by Crippen LogP contribution is -2.25. The Bertz CT molecular complexity index is 463. The molecule has 1 fully saturated rings. The molecule has 1 aromatic rings. The molecule has 0 bridgehead atoms. The van der Waals surface area contributed by atoms with E-state index in [1.165, 1.54) is 0 Å². The second kappa shape index (κ2) is 4.14. The molecule has 2 heterocycles. The van der Waals surface area contributed by atoms with E-state index < -0.39 is 0 Å². The summed E-state index contributed by atoms with van der Waals surface area (Å²) >= 11 is 4.34. The van der Waals surface area contributed by atoms with Crippen LogP contribution in [0.15, 0.2) is 18.2 Å². The van der Waals surface area contributed by atoms with Gasteiger partial charge in [-0.3, -0.25) is 4.79 Å². The number of fused-ring (bicyclic) bond motifs is 1. The number of amides is 1. The van der Waals surface area contributed by atoms with E-state index in [0.29, 0.717) is 31.9 Å². The first-order chi connectivity index (χ1) is 8.24. The fourth-order valence-corrected chi connectivity index (χ4v) is 2.46. The normalized spacial score (nSPS) is 23.0. The van der Waals surface area contributed by atoms with E-state index in [-0.39, 0.29) is 11.2 Å². The lowest BCUT2D eigenvalue weighted by atomic mass is 10.2. The largest absolute Gasteiger partial charge is 0.486 e. The Balaban J connectivity index is 1.91. The quantitative estimate of drug-likeness (QED) is 0.769. The predicted octanol–water partition coefficient (Wildman–Crippen LogP) is 1.49. The smallest absolute Gasteiger partial charge is 0.228 e. The Hall–Kier alpha value is -1.36. The molecule has 0 N–H and O–H groups in total. The first kappa shape index (κ1) is 10.8. The highest BCUT2D eigenvalue weighted by Crippen LogP contribution is 2.35. The summed E-state index contributed by atoms with van der Waals surface area (Å²) in [6, 6.07) is 5.60. The molecule has 17 heavy (non-hydrogen) atoms. The van der Waals surface area contributed by atoms with Crippen LogP contribution >= 0.6 is 12.6 Å². The molecule has 1 amide bonds. The van der Waals surface area contributed by atoms with Crippen molar-refractivity contribution in [3.63, 3.8) is 0 Å². The molecule has 2 aliphatic heterocycles. The van der Waals surface area contributed by atoms with Crippen molar-refractivity contribution < 1.29 is 14.3 Å². The summed E-state index contributed by atoms with van der Waals surface area (Å²) in [5.41, 5.74) is 0.857. The summed E-state index contributed by atoms with van der Waals surface area (Å²) in [6.45, 7) is 1.79. The average Bonchev–Trinajstić information content (AvgIpc) is 2.68. The van der Waals surface area contributed by atoms with E-state index in [9.17, 15) is 4.79 Å². The summed E-state index contributed by atoms with van der Waals surface area (Å²) in [5.74, 6) is 1.57. The zero-order valence-electron chi connectivity index (χ0n) is 9.26. The second-order valence-electron chi connectivity index (χ2n) is 4.19. The van der Waals surface area contributed by atoms with E-state index in [2.05, 4.69) is 12.6 Å². The zero-order chi connectivity index (χ0) is 11.8. The lowest BCUT2D eigenvalue weighted by Gasteiger charge is -2.22. The van der Waals surface area contributed by atoms with Crippen LogP contribution in [0, 0.1) is 0 Å². The molecule has 4 nitrogen and oxygen atoms in total. The maximum absolute atomic E-state index is 11.8. The minimum atomic E-state index is 0.113. The molecule has 3 rings (SSSR count). The molecule has 2 aliphatic rings. The van der Waals surface area contributed by atoms with Gasteiger partial charge in [-0.1, -0.05) is 0 Å². The monoisotopic (exact) mass is 251 g/mol. The van der Waals surface area contributed by atoms with Crippen LogP contribution in [0.4, 0.5) is 5.69 Å². The average molecular weight is 251 g/mol. The number of nitrogens with zero attached hydrogens (tertiary/aromatic N) is 1. The highest BCUT2D eigenvalue weighted by Gasteiger charge is 2.29. The van der Waals surface area contributed by atoms with Crippen molar-refractivity contribution in [2.24, 2.45) is 0 Å². The van der Waals surface area contributed by atoms with Gasteiger partial charge in [0.1, 0.15) is 13.2 Å². The number of carbonyl (C=O) groups is 1. The Morgan fingerprint density at radius 1 is 1.24 bits per heavy atom. The van der Waals surface area contributed by atoms with E-state index in [4.69, 9.17) is 9.47 Å². The maximum atomic E-state index is 11.8. The molecular formula is C12H13NO3S. The van der Waals surface area contributed by atoms with Crippen LogP contribution in [0.2, 0.25) is 0 Å². The van der Waals surface area contributed by atoms with Crippen molar-refractivity contribution in [3.05, 3.63) is 18.2 Å². The van der Waals surface area contributed by atoms with Gasteiger partial charge in [-0.05, 0) is 12.1 Å². The summed E-state index contributed by atoms with van der Waals surface area (Å²) in [6.07, 6.45) is 0.498.